The lowest BCUT2D eigenvalue weighted by molar-refractivity contribution is -0.00273. The highest BCUT2D eigenvalue weighted by Crippen LogP contribution is 2.26. The second-order valence-corrected chi connectivity index (χ2v) is 6.14. The molecule has 0 bridgehead atoms. The molecule has 1 amide bonds. The van der Waals surface area contributed by atoms with Crippen LogP contribution in [0.1, 0.15) is 22.0 Å². The van der Waals surface area contributed by atoms with Crippen LogP contribution in [-0.2, 0) is 4.74 Å². The molecule has 6 heteroatoms. The molecule has 1 aliphatic rings. The molecule has 1 atom stereocenters. The second kappa shape index (κ2) is 7.09. The van der Waals surface area contributed by atoms with Crippen molar-refractivity contribution < 1.29 is 13.9 Å². The molecule has 0 radical (unpaired) electrons. The fourth-order valence-corrected chi connectivity index (χ4v) is 3.13. The number of rotatable bonds is 3. The van der Waals surface area contributed by atoms with Gasteiger partial charge in [-0.15, -0.1) is 0 Å². The topological polar surface area (TPSA) is 47.4 Å². The predicted molar refractivity (Wildman–Crippen MR) is 94.6 cm³/mol. The Bertz CT molecular complexity index is 876. The molecule has 1 unspecified atom stereocenters. The maximum atomic E-state index is 13.2. The van der Waals surface area contributed by atoms with Crippen molar-refractivity contribution in [3.05, 3.63) is 84.1 Å². The smallest absolute Gasteiger partial charge is 0.256 e. The van der Waals surface area contributed by atoms with Crippen LogP contribution in [0.25, 0.3) is 5.82 Å². The lowest BCUT2D eigenvalue weighted by atomic mass is 10.0. The third-order valence-corrected chi connectivity index (χ3v) is 4.51. The first kappa shape index (κ1) is 16.5. The summed E-state index contributed by atoms with van der Waals surface area (Å²) in [4.78, 5) is 19.1. The molecule has 0 aliphatic carbocycles. The van der Waals surface area contributed by atoms with E-state index in [0.717, 1.165) is 11.4 Å². The second-order valence-electron chi connectivity index (χ2n) is 6.14. The standard InChI is InChI=1S/C20H18FN3O2/c21-17-6-3-15(4-7-17)18-14-26-12-11-24(18)20(25)16-5-8-19(22-13-16)23-9-1-2-10-23/h1-10,13,18H,11-12,14H2. The van der Waals surface area contributed by atoms with E-state index in [1.165, 1.54) is 12.1 Å². The Balaban J connectivity index is 1.58. The van der Waals surface area contributed by atoms with E-state index >= 15 is 0 Å². The summed E-state index contributed by atoms with van der Waals surface area (Å²) >= 11 is 0. The zero-order valence-electron chi connectivity index (χ0n) is 14.1. The normalized spacial score (nSPS) is 17.3. The van der Waals surface area contributed by atoms with Gasteiger partial charge in [-0.3, -0.25) is 4.79 Å². The van der Waals surface area contributed by atoms with E-state index in [9.17, 15) is 9.18 Å². The van der Waals surface area contributed by atoms with Gasteiger partial charge in [0.1, 0.15) is 11.6 Å². The molecule has 0 N–H and O–H groups in total. The van der Waals surface area contributed by atoms with Gasteiger partial charge in [-0.2, -0.15) is 0 Å². The monoisotopic (exact) mass is 351 g/mol. The molecule has 1 aliphatic heterocycles. The summed E-state index contributed by atoms with van der Waals surface area (Å²) in [6.07, 6.45) is 5.39. The van der Waals surface area contributed by atoms with Crippen LogP contribution in [0.5, 0.6) is 0 Å². The number of halogens is 1. The molecule has 132 valence electrons. The number of carbonyl (C=O) groups excluding carboxylic acids is 1. The summed E-state index contributed by atoms with van der Waals surface area (Å²) in [6, 6.07) is 13.4. The van der Waals surface area contributed by atoms with E-state index in [1.807, 2.05) is 35.2 Å². The van der Waals surface area contributed by atoms with Gasteiger partial charge in [-0.1, -0.05) is 12.1 Å². The van der Waals surface area contributed by atoms with Crippen LogP contribution in [0, 0.1) is 5.82 Å². The Labute approximate surface area is 150 Å². The van der Waals surface area contributed by atoms with Crippen molar-refractivity contribution in [2.24, 2.45) is 0 Å². The van der Waals surface area contributed by atoms with Crippen LogP contribution in [0.3, 0.4) is 0 Å². The largest absolute Gasteiger partial charge is 0.377 e. The van der Waals surface area contributed by atoms with Crippen LogP contribution in [0.4, 0.5) is 4.39 Å². The molecule has 3 heterocycles. The molecule has 2 aromatic heterocycles. The number of benzene rings is 1. The lowest BCUT2D eigenvalue weighted by Gasteiger charge is -2.36. The van der Waals surface area contributed by atoms with Gasteiger partial charge in [0.25, 0.3) is 5.91 Å². The third kappa shape index (κ3) is 3.23. The van der Waals surface area contributed by atoms with Crippen LogP contribution in [0.15, 0.2) is 67.1 Å². The summed E-state index contributed by atoms with van der Waals surface area (Å²) in [7, 11) is 0. The Morgan fingerprint density at radius 2 is 1.88 bits per heavy atom. The minimum absolute atomic E-state index is 0.103. The third-order valence-electron chi connectivity index (χ3n) is 4.51. The van der Waals surface area contributed by atoms with E-state index in [4.69, 9.17) is 4.74 Å². The molecule has 26 heavy (non-hydrogen) atoms. The van der Waals surface area contributed by atoms with E-state index in [-0.39, 0.29) is 17.8 Å². The van der Waals surface area contributed by atoms with Crippen LogP contribution in [0.2, 0.25) is 0 Å². The number of pyridine rings is 1. The number of nitrogens with zero attached hydrogens (tertiary/aromatic N) is 3. The molecular weight excluding hydrogens is 333 g/mol. The molecule has 0 spiro atoms. The minimum atomic E-state index is -0.298. The van der Waals surface area contributed by atoms with E-state index in [0.29, 0.717) is 25.3 Å². The van der Waals surface area contributed by atoms with Gasteiger partial charge in [0.05, 0.1) is 24.8 Å². The molecule has 4 rings (SSSR count). The Morgan fingerprint density at radius 3 is 2.58 bits per heavy atom. The first-order chi connectivity index (χ1) is 12.7. The molecule has 1 aromatic carbocycles. The van der Waals surface area contributed by atoms with Crippen molar-refractivity contribution >= 4 is 5.91 Å². The number of ether oxygens (including phenoxy) is 1. The number of morpholine rings is 1. The average Bonchev–Trinajstić information content (AvgIpc) is 3.23. The number of hydrogen-bond acceptors (Lipinski definition) is 3. The Morgan fingerprint density at radius 1 is 1.12 bits per heavy atom. The maximum Gasteiger partial charge on any atom is 0.256 e. The number of hydrogen-bond donors (Lipinski definition) is 0. The highest BCUT2D eigenvalue weighted by Gasteiger charge is 2.29. The summed E-state index contributed by atoms with van der Waals surface area (Å²) < 4.78 is 20.6. The van der Waals surface area contributed by atoms with Gasteiger partial charge >= 0.3 is 0 Å². The quantitative estimate of drug-likeness (QED) is 0.728. The fraction of sp³-hybridized carbons (Fsp3) is 0.200. The molecule has 1 saturated heterocycles. The summed E-state index contributed by atoms with van der Waals surface area (Å²) in [5.41, 5.74) is 1.38. The van der Waals surface area contributed by atoms with Gasteiger partial charge in [0.2, 0.25) is 0 Å². The molecule has 0 saturated carbocycles. The van der Waals surface area contributed by atoms with Crippen molar-refractivity contribution in [1.82, 2.24) is 14.5 Å². The molecule has 1 fully saturated rings. The highest BCUT2D eigenvalue weighted by atomic mass is 19.1. The van der Waals surface area contributed by atoms with Crippen molar-refractivity contribution in [3.63, 3.8) is 0 Å². The Kier molecular flexibility index (Phi) is 4.50. The first-order valence-electron chi connectivity index (χ1n) is 8.46. The fourth-order valence-electron chi connectivity index (χ4n) is 3.13. The molecule has 5 nitrogen and oxygen atoms in total. The lowest BCUT2D eigenvalue weighted by Crippen LogP contribution is -2.43. The van der Waals surface area contributed by atoms with Crippen molar-refractivity contribution in [2.75, 3.05) is 19.8 Å². The maximum absolute atomic E-state index is 13.2. The highest BCUT2D eigenvalue weighted by molar-refractivity contribution is 5.94. The van der Waals surface area contributed by atoms with Gasteiger partial charge in [0.15, 0.2) is 0 Å². The summed E-state index contributed by atoms with van der Waals surface area (Å²) in [6.45, 7) is 1.37. The van der Waals surface area contributed by atoms with Crippen LogP contribution in [-0.4, -0.2) is 40.1 Å². The predicted octanol–water partition coefficient (Wildman–Crippen LogP) is 3.23. The van der Waals surface area contributed by atoms with E-state index in [1.54, 1.807) is 29.3 Å². The zero-order valence-corrected chi connectivity index (χ0v) is 14.1. The van der Waals surface area contributed by atoms with Crippen LogP contribution >= 0.6 is 0 Å². The molecular formula is C20H18FN3O2. The summed E-state index contributed by atoms with van der Waals surface area (Å²) in [5.74, 6) is 0.353. The minimum Gasteiger partial charge on any atom is -0.377 e. The van der Waals surface area contributed by atoms with Crippen molar-refractivity contribution in [2.45, 2.75) is 6.04 Å². The SMILES string of the molecule is O=C(c1ccc(-n2cccc2)nc1)N1CCOCC1c1ccc(F)cc1. The van der Waals surface area contributed by atoms with Gasteiger partial charge in [0, 0.05) is 25.1 Å². The van der Waals surface area contributed by atoms with Crippen molar-refractivity contribution in [1.29, 1.82) is 0 Å². The zero-order chi connectivity index (χ0) is 17.9. The molecule has 3 aromatic rings. The van der Waals surface area contributed by atoms with Crippen molar-refractivity contribution in [3.8, 4) is 5.82 Å². The van der Waals surface area contributed by atoms with Crippen LogP contribution < -0.4 is 0 Å². The van der Waals surface area contributed by atoms with Gasteiger partial charge < -0.3 is 14.2 Å². The van der Waals surface area contributed by atoms with Gasteiger partial charge in [-0.25, -0.2) is 9.37 Å². The average molecular weight is 351 g/mol. The number of aromatic nitrogens is 2. The number of carbonyl (C=O) groups is 1. The van der Waals surface area contributed by atoms with Gasteiger partial charge in [-0.05, 0) is 42.0 Å². The Hall–Kier alpha value is -2.99. The number of amides is 1. The van der Waals surface area contributed by atoms with E-state index < -0.39 is 0 Å². The summed E-state index contributed by atoms with van der Waals surface area (Å²) in [5, 5.41) is 0. The van der Waals surface area contributed by atoms with E-state index in [2.05, 4.69) is 4.98 Å². The first-order valence-corrected chi connectivity index (χ1v) is 8.46.